The lowest BCUT2D eigenvalue weighted by molar-refractivity contribution is -0.286. The van der Waals surface area contributed by atoms with Crippen LogP contribution in [0.1, 0.15) is 47.1 Å². The van der Waals surface area contributed by atoms with Gasteiger partial charge in [-0.1, -0.05) is 31.1 Å². The SMILES string of the molecule is Cc1cc2c(cc1-c1ccc(NC(=O)c3c(C(C)C)noc3C)cc1)OC(F)(F)O2. The Morgan fingerprint density at radius 2 is 1.70 bits per heavy atom. The average molecular weight is 414 g/mol. The number of hydrogen-bond donors (Lipinski definition) is 1. The minimum Gasteiger partial charge on any atom is -0.395 e. The summed E-state index contributed by atoms with van der Waals surface area (Å²) in [4.78, 5) is 12.7. The number of carbonyl (C=O) groups excluding carboxylic acids is 1. The molecule has 4 rings (SSSR count). The van der Waals surface area contributed by atoms with Gasteiger partial charge in [-0.05, 0) is 60.7 Å². The Morgan fingerprint density at radius 1 is 1.07 bits per heavy atom. The van der Waals surface area contributed by atoms with Gasteiger partial charge in [0.1, 0.15) is 11.3 Å². The second kappa shape index (κ2) is 7.12. The third-order valence-corrected chi connectivity index (χ3v) is 4.87. The number of carbonyl (C=O) groups is 1. The minimum atomic E-state index is -3.66. The summed E-state index contributed by atoms with van der Waals surface area (Å²) in [5.74, 6) is 0.205. The molecule has 2 heterocycles. The van der Waals surface area contributed by atoms with Gasteiger partial charge in [0.05, 0.1) is 5.69 Å². The highest BCUT2D eigenvalue weighted by atomic mass is 19.3. The number of hydrogen-bond acceptors (Lipinski definition) is 5. The number of nitrogens with one attached hydrogen (secondary N) is 1. The van der Waals surface area contributed by atoms with Gasteiger partial charge in [-0.3, -0.25) is 4.79 Å². The largest absolute Gasteiger partial charge is 0.586 e. The van der Waals surface area contributed by atoms with E-state index < -0.39 is 6.29 Å². The molecule has 1 aromatic heterocycles. The van der Waals surface area contributed by atoms with Crippen molar-refractivity contribution in [3.05, 3.63) is 59.0 Å². The number of ether oxygens (including phenoxy) is 2. The van der Waals surface area contributed by atoms with Crippen molar-refractivity contribution in [2.75, 3.05) is 5.32 Å². The van der Waals surface area contributed by atoms with Gasteiger partial charge in [-0.2, -0.15) is 0 Å². The van der Waals surface area contributed by atoms with E-state index >= 15 is 0 Å². The van der Waals surface area contributed by atoms with E-state index in [2.05, 4.69) is 19.9 Å². The maximum atomic E-state index is 13.3. The number of halogens is 2. The Balaban J connectivity index is 1.56. The molecule has 0 atom stereocenters. The van der Waals surface area contributed by atoms with Crippen LogP contribution in [-0.2, 0) is 0 Å². The topological polar surface area (TPSA) is 73.6 Å². The van der Waals surface area contributed by atoms with Crippen LogP contribution in [0.2, 0.25) is 0 Å². The molecular weight excluding hydrogens is 394 g/mol. The maximum Gasteiger partial charge on any atom is 0.586 e. The van der Waals surface area contributed by atoms with E-state index in [0.29, 0.717) is 22.7 Å². The molecule has 0 saturated heterocycles. The van der Waals surface area contributed by atoms with E-state index in [9.17, 15) is 13.6 Å². The summed E-state index contributed by atoms with van der Waals surface area (Å²) in [5, 5.41) is 6.81. The molecule has 0 bridgehead atoms. The van der Waals surface area contributed by atoms with Crippen LogP contribution in [0, 0.1) is 13.8 Å². The summed E-state index contributed by atoms with van der Waals surface area (Å²) in [6, 6.07) is 10.1. The highest BCUT2D eigenvalue weighted by Gasteiger charge is 2.43. The lowest BCUT2D eigenvalue weighted by Gasteiger charge is -2.10. The molecule has 0 unspecified atom stereocenters. The number of aromatic nitrogens is 1. The van der Waals surface area contributed by atoms with Gasteiger partial charge < -0.3 is 19.3 Å². The zero-order chi connectivity index (χ0) is 21.6. The number of fused-ring (bicyclic) bond motifs is 1. The van der Waals surface area contributed by atoms with E-state index in [1.807, 2.05) is 13.8 Å². The zero-order valence-corrected chi connectivity index (χ0v) is 16.9. The molecule has 8 heteroatoms. The van der Waals surface area contributed by atoms with Crippen molar-refractivity contribution in [2.24, 2.45) is 0 Å². The molecule has 0 fully saturated rings. The van der Waals surface area contributed by atoms with Crippen molar-refractivity contribution in [3.8, 4) is 22.6 Å². The second-order valence-corrected chi connectivity index (χ2v) is 7.47. The molecule has 1 amide bonds. The normalized spacial score (nSPS) is 14.2. The van der Waals surface area contributed by atoms with Gasteiger partial charge >= 0.3 is 6.29 Å². The van der Waals surface area contributed by atoms with Crippen molar-refractivity contribution in [3.63, 3.8) is 0 Å². The summed E-state index contributed by atoms with van der Waals surface area (Å²) in [6.45, 7) is 7.37. The summed E-state index contributed by atoms with van der Waals surface area (Å²) in [5.41, 5.74) is 3.90. The monoisotopic (exact) mass is 414 g/mol. The van der Waals surface area contributed by atoms with Gasteiger partial charge in [-0.15, -0.1) is 8.78 Å². The van der Waals surface area contributed by atoms with Crippen LogP contribution in [-0.4, -0.2) is 17.4 Å². The summed E-state index contributed by atoms with van der Waals surface area (Å²) in [7, 11) is 0. The highest BCUT2D eigenvalue weighted by Crippen LogP contribution is 2.44. The molecule has 0 aliphatic carbocycles. The van der Waals surface area contributed by atoms with Crippen LogP contribution in [0.25, 0.3) is 11.1 Å². The van der Waals surface area contributed by atoms with Gasteiger partial charge in [0.15, 0.2) is 11.5 Å². The molecule has 1 aliphatic rings. The first-order valence-electron chi connectivity index (χ1n) is 9.43. The standard InChI is InChI=1S/C22H20F2N2O4/c1-11(2)20-19(13(4)30-26-20)21(27)25-15-7-5-14(6-8-15)16-10-18-17(9-12(16)3)28-22(23,24)29-18/h5-11H,1-4H3,(H,25,27). The maximum absolute atomic E-state index is 13.3. The van der Waals surface area contributed by atoms with E-state index in [1.165, 1.54) is 12.1 Å². The smallest absolute Gasteiger partial charge is 0.395 e. The van der Waals surface area contributed by atoms with Gasteiger partial charge in [-0.25, -0.2) is 0 Å². The van der Waals surface area contributed by atoms with Gasteiger partial charge in [0.2, 0.25) is 0 Å². The number of benzene rings is 2. The first kappa shape index (κ1) is 19.9. The van der Waals surface area contributed by atoms with Crippen molar-refractivity contribution in [1.29, 1.82) is 0 Å². The fourth-order valence-electron chi connectivity index (χ4n) is 3.40. The number of amides is 1. The lowest BCUT2D eigenvalue weighted by atomic mass is 9.99. The van der Waals surface area contributed by atoms with Crippen LogP contribution in [0.5, 0.6) is 11.5 Å². The summed E-state index contributed by atoms with van der Waals surface area (Å²) in [6.07, 6.45) is -3.66. The van der Waals surface area contributed by atoms with E-state index in [-0.39, 0.29) is 23.3 Å². The van der Waals surface area contributed by atoms with Crippen LogP contribution in [0.3, 0.4) is 0 Å². The Kier molecular flexibility index (Phi) is 4.72. The quantitative estimate of drug-likeness (QED) is 0.597. The fourth-order valence-corrected chi connectivity index (χ4v) is 3.40. The number of nitrogens with zero attached hydrogens (tertiary/aromatic N) is 1. The Morgan fingerprint density at radius 3 is 2.33 bits per heavy atom. The molecule has 30 heavy (non-hydrogen) atoms. The van der Waals surface area contributed by atoms with E-state index in [0.717, 1.165) is 16.7 Å². The first-order chi connectivity index (χ1) is 14.1. The van der Waals surface area contributed by atoms with Crippen LogP contribution in [0.15, 0.2) is 40.9 Å². The molecule has 1 N–H and O–H groups in total. The Labute approximate surface area is 171 Å². The van der Waals surface area contributed by atoms with Crippen molar-refractivity contribution in [2.45, 2.75) is 39.9 Å². The van der Waals surface area contributed by atoms with Gasteiger partial charge in [0, 0.05) is 5.69 Å². The fraction of sp³-hybridized carbons (Fsp3) is 0.273. The molecule has 156 valence electrons. The van der Waals surface area contributed by atoms with E-state index in [1.54, 1.807) is 38.1 Å². The number of rotatable bonds is 4. The first-order valence-corrected chi connectivity index (χ1v) is 9.43. The zero-order valence-electron chi connectivity index (χ0n) is 16.9. The molecule has 0 spiro atoms. The number of alkyl halides is 2. The van der Waals surface area contributed by atoms with Crippen molar-refractivity contribution < 1.29 is 27.6 Å². The summed E-state index contributed by atoms with van der Waals surface area (Å²) < 4.78 is 40.8. The molecule has 1 aliphatic heterocycles. The highest BCUT2D eigenvalue weighted by molar-refractivity contribution is 6.05. The predicted molar refractivity (Wildman–Crippen MR) is 106 cm³/mol. The number of anilines is 1. The molecule has 2 aromatic carbocycles. The molecule has 6 nitrogen and oxygen atoms in total. The third-order valence-electron chi connectivity index (χ3n) is 4.87. The predicted octanol–water partition coefficient (Wildman–Crippen LogP) is 5.66. The average Bonchev–Trinajstić information content (AvgIpc) is 3.19. The minimum absolute atomic E-state index is 0.00943. The molecular formula is C22H20F2N2O4. The van der Waals surface area contributed by atoms with Crippen molar-refractivity contribution >= 4 is 11.6 Å². The van der Waals surface area contributed by atoms with Crippen LogP contribution in [0.4, 0.5) is 14.5 Å². The Bertz CT molecular complexity index is 1120. The summed E-state index contributed by atoms with van der Waals surface area (Å²) >= 11 is 0. The van der Waals surface area contributed by atoms with Crippen LogP contribution < -0.4 is 14.8 Å². The third kappa shape index (κ3) is 3.60. The van der Waals surface area contributed by atoms with Crippen LogP contribution >= 0.6 is 0 Å². The lowest BCUT2D eigenvalue weighted by Crippen LogP contribution is -2.25. The van der Waals surface area contributed by atoms with Crippen molar-refractivity contribution in [1.82, 2.24) is 5.16 Å². The molecule has 3 aromatic rings. The second-order valence-electron chi connectivity index (χ2n) is 7.47. The van der Waals surface area contributed by atoms with Gasteiger partial charge in [0.25, 0.3) is 5.91 Å². The van der Waals surface area contributed by atoms with E-state index in [4.69, 9.17) is 4.52 Å². The number of aryl methyl sites for hydroxylation is 2. The molecule has 0 saturated carbocycles. The Hall–Kier alpha value is -3.42. The molecule has 0 radical (unpaired) electrons.